The Morgan fingerprint density at radius 3 is 2.54 bits per heavy atom. The Hall–Kier alpha value is -2.90. The number of hydrogen-bond acceptors (Lipinski definition) is 6. The summed E-state index contributed by atoms with van der Waals surface area (Å²) in [5.41, 5.74) is 0.860. The summed E-state index contributed by atoms with van der Waals surface area (Å²) in [4.78, 5) is 2.69. The third kappa shape index (κ3) is 8.58. The average molecular weight is 528 g/mol. The number of likely N-dealkylation sites (N-methyl/N-ethyl adjacent to an activating group) is 1. The van der Waals surface area contributed by atoms with Crippen LogP contribution in [0.2, 0.25) is 0 Å². The molecule has 0 aliphatic carbocycles. The van der Waals surface area contributed by atoms with Crippen LogP contribution < -0.4 is 9.47 Å². The molecule has 200 valence electrons. The van der Waals surface area contributed by atoms with Crippen molar-refractivity contribution in [2.75, 3.05) is 26.8 Å². The van der Waals surface area contributed by atoms with Gasteiger partial charge in [0, 0.05) is 6.04 Å². The van der Waals surface area contributed by atoms with Crippen molar-refractivity contribution in [3.05, 3.63) is 78.1 Å². The molecule has 5 nitrogen and oxygen atoms in total. The molecule has 3 atom stereocenters. The molecule has 3 aromatic rings. The minimum absolute atomic E-state index is 0.115. The molecule has 7 heteroatoms. The summed E-state index contributed by atoms with van der Waals surface area (Å²) in [7, 11) is 2.18. The van der Waals surface area contributed by atoms with E-state index in [0.717, 1.165) is 30.4 Å². The summed E-state index contributed by atoms with van der Waals surface area (Å²) in [5.74, 6) is 1.34. The third-order valence-electron chi connectivity index (χ3n) is 6.59. The van der Waals surface area contributed by atoms with Crippen molar-refractivity contribution >= 4 is 11.8 Å². The first-order valence-electron chi connectivity index (χ1n) is 12.8. The molecular formula is C30H38FNO4S. The molecule has 3 aromatic carbocycles. The monoisotopic (exact) mass is 527 g/mol. The van der Waals surface area contributed by atoms with Gasteiger partial charge in [-0.25, -0.2) is 4.39 Å². The maximum Gasteiger partial charge on any atom is 0.182 e. The van der Waals surface area contributed by atoms with E-state index in [0.29, 0.717) is 23.3 Å². The van der Waals surface area contributed by atoms with Crippen LogP contribution in [-0.2, 0) is 0 Å². The number of rotatable bonds is 9. The van der Waals surface area contributed by atoms with Crippen molar-refractivity contribution in [1.29, 1.82) is 0 Å². The van der Waals surface area contributed by atoms with Gasteiger partial charge in [0.05, 0.1) is 10.1 Å². The van der Waals surface area contributed by atoms with Gasteiger partial charge < -0.3 is 24.6 Å². The predicted molar refractivity (Wildman–Crippen MR) is 148 cm³/mol. The second-order valence-corrected chi connectivity index (χ2v) is 10.7. The van der Waals surface area contributed by atoms with Crippen molar-refractivity contribution in [2.24, 2.45) is 5.92 Å². The maximum atomic E-state index is 13.9. The molecule has 0 amide bonds. The van der Waals surface area contributed by atoms with E-state index >= 15 is 0 Å². The van der Waals surface area contributed by atoms with Crippen molar-refractivity contribution in [1.82, 2.24) is 4.90 Å². The molecule has 0 unspecified atom stereocenters. The molecular weight excluding hydrogens is 489 g/mol. The third-order valence-corrected chi connectivity index (χ3v) is 7.90. The van der Waals surface area contributed by atoms with Gasteiger partial charge in [-0.2, -0.15) is 0 Å². The van der Waals surface area contributed by atoms with E-state index in [1.807, 2.05) is 36.4 Å². The summed E-state index contributed by atoms with van der Waals surface area (Å²) < 4.78 is 25.1. The predicted octanol–water partition coefficient (Wildman–Crippen LogP) is 7.28. The Kier molecular flexibility index (Phi) is 11.0. The van der Waals surface area contributed by atoms with Crippen molar-refractivity contribution in [2.45, 2.75) is 49.8 Å². The second kappa shape index (κ2) is 14.1. The summed E-state index contributed by atoms with van der Waals surface area (Å²) in [5, 5.41) is 18.8. The molecule has 0 radical (unpaired) electrons. The first kappa shape index (κ1) is 28.7. The van der Waals surface area contributed by atoms with Crippen molar-refractivity contribution in [3.8, 4) is 23.0 Å². The summed E-state index contributed by atoms with van der Waals surface area (Å²) in [6, 6.07) is 20.1. The number of benzene rings is 3. The lowest BCUT2D eigenvalue weighted by atomic mass is 10.0. The zero-order valence-corrected chi connectivity index (χ0v) is 22.9. The molecule has 0 aromatic heterocycles. The van der Waals surface area contributed by atoms with Gasteiger partial charge in [0.1, 0.15) is 30.5 Å². The van der Waals surface area contributed by atoms with Crippen LogP contribution >= 0.6 is 11.8 Å². The van der Waals surface area contributed by atoms with Gasteiger partial charge in [-0.1, -0.05) is 50.6 Å². The molecule has 0 spiro atoms. The standard InChI is InChI=1S/C16H27NO.C14H11FO3S/c1-5-14(2)11-12-17(4)15(3)13-18-16-9-7-6-8-10-16;15-13-10(17)4-5-11-14(13)19-12(7-18-11)8-2-1-3-9(16)6-8/h6-10,14-15H,5,11-13H2,1-4H3;1-6,12,16-17H,7H2/t14-,15-;12-/m00/s1. The number of aromatic hydroxyl groups is 2. The number of halogens is 1. The van der Waals surface area contributed by atoms with E-state index < -0.39 is 5.82 Å². The van der Waals surface area contributed by atoms with Crippen LogP contribution in [0.4, 0.5) is 4.39 Å². The van der Waals surface area contributed by atoms with Crippen LogP contribution in [-0.4, -0.2) is 48.0 Å². The largest absolute Gasteiger partial charge is 0.508 e. The van der Waals surface area contributed by atoms with E-state index in [-0.39, 0.29) is 16.7 Å². The van der Waals surface area contributed by atoms with Gasteiger partial charge in [-0.05, 0) is 74.8 Å². The summed E-state index contributed by atoms with van der Waals surface area (Å²) in [6.45, 7) is 9.09. The normalized spacial score (nSPS) is 16.1. The quantitative estimate of drug-likeness (QED) is 0.305. The minimum Gasteiger partial charge on any atom is -0.508 e. The van der Waals surface area contributed by atoms with Crippen molar-refractivity contribution in [3.63, 3.8) is 0 Å². The number of nitrogens with zero attached hydrogens (tertiary/aromatic N) is 1. The molecule has 37 heavy (non-hydrogen) atoms. The highest BCUT2D eigenvalue weighted by molar-refractivity contribution is 7.99. The lowest BCUT2D eigenvalue weighted by Gasteiger charge is -2.25. The average Bonchev–Trinajstić information content (AvgIpc) is 2.93. The molecule has 0 fully saturated rings. The van der Waals surface area contributed by atoms with Gasteiger partial charge in [-0.3, -0.25) is 0 Å². The zero-order valence-electron chi connectivity index (χ0n) is 22.1. The zero-order chi connectivity index (χ0) is 26.8. The van der Waals surface area contributed by atoms with Crippen LogP contribution in [0.15, 0.2) is 71.6 Å². The Labute approximate surface area is 224 Å². The number of thioether (sulfide) groups is 1. The fraction of sp³-hybridized carbons (Fsp3) is 0.400. The molecule has 1 heterocycles. The lowest BCUT2D eigenvalue weighted by Crippen LogP contribution is -2.35. The van der Waals surface area contributed by atoms with Gasteiger partial charge >= 0.3 is 0 Å². The molecule has 4 rings (SSSR count). The van der Waals surface area contributed by atoms with Crippen LogP contribution in [0, 0.1) is 11.7 Å². The number of phenols is 2. The van der Waals surface area contributed by atoms with E-state index in [1.54, 1.807) is 24.3 Å². The number of fused-ring (bicyclic) bond motifs is 1. The number of phenolic OH excluding ortho intramolecular Hbond substituents is 2. The highest BCUT2D eigenvalue weighted by Crippen LogP contribution is 2.47. The fourth-order valence-electron chi connectivity index (χ4n) is 3.69. The number of ether oxygens (including phenoxy) is 2. The number of para-hydroxylation sites is 1. The highest BCUT2D eigenvalue weighted by Gasteiger charge is 2.26. The molecule has 0 saturated carbocycles. The first-order valence-corrected chi connectivity index (χ1v) is 13.6. The summed E-state index contributed by atoms with van der Waals surface area (Å²) >= 11 is 1.29. The Bertz CT molecular complexity index is 1110. The smallest absolute Gasteiger partial charge is 0.182 e. The Morgan fingerprint density at radius 2 is 1.84 bits per heavy atom. The van der Waals surface area contributed by atoms with Crippen molar-refractivity contribution < 1.29 is 24.1 Å². The lowest BCUT2D eigenvalue weighted by molar-refractivity contribution is 0.166. The highest BCUT2D eigenvalue weighted by atomic mass is 32.2. The molecule has 0 saturated heterocycles. The minimum atomic E-state index is -0.660. The van der Waals surface area contributed by atoms with Gasteiger partial charge in [-0.15, -0.1) is 11.8 Å². The SMILES string of the molecule is CC[C@H](C)CCN(C)[C@@H](C)COc1ccccc1.Oc1cccc([C@@H]2COc3ccc(O)c(F)c3S2)c1. The van der Waals surface area contributed by atoms with Gasteiger partial charge in [0.15, 0.2) is 11.6 Å². The van der Waals surface area contributed by atoms with Gasteiger partial charge in [0.25, 0.3) is 0 Å². The molecule has 0 bridgehead atoms. The molecule has 2 N–H and O–H groups in total. The second-order valence-electron chi connectivity index (χ2n) is 9.49. The van der Waals surface area contributed by atoms with E-state index in [9.17, 15) is 14.6 Å². The van der Waals surface area contributed by atoms with Crippen LogP contribution in [0.5, 0.6) is 23.0 Å². The van der Waals surface area contributed by atoms with Crippen LogP contribution in [0.25, 0.3) is 0 Å². The topological polar surface area (TPSA) is 62.2 Å². The van der Waals surface area contributed by atoms with E-state index in [2.05, 4.69) is 32.7 Å². The maximum absolute atomic E-state index is 13.9. The Balaban J connectivity index is 0.000000206. The van der Waals surface area contributed by atoms with E-state index in [4.69, 9.17) is 9.47 Å². The van der Waals surface area contributed by atoms with Crippen LogP contribution in [0.1, 0.15) is 44.4 Å². The fourth-order valence-corrected chi connectivity index (χ4v) is 4.85. The van der Waals surface area contributed by atoms with Gasteiger partial charge in [0.2, 0.25) is 0 Å². The summed E-state index contributed by atoms with van der Waals surface area (Å²) in [6.07, 6.45) is 2.53. The Morgan fingerprint density at radius 1 is 1.08 bits per heavy atom. The van der Waals surface area contributed by atoms with E-state index in [1.165, 1.54) is 30.7 Å². The number of hydrogen-bond donors (Lipinski definition) is 2. The van der Waals surface area contributed by atoms with Crippen LogP contribution in [0.3, 0.4) is 0 Å². The molecule has 1 aliphatic rings. The molecule has 1 aliphatic heterocycles. The first-order chi connectivity index (χ1) is 17.8.